The molecular formula is C16H32N2O3S. The van der Waals surface area contributed by atoms with E-state index in [2.05, 4.69) is 12.2 Å². The Labute approximate surface area is 137 Å². The SMILES string of the molecule is CC(NCC(C)S(C)=O)C1CCCN(C(=O)OC(C)(C)C)C1. The Kier molecular flexibility index (Phi) is 7.32. The van der Waals surface area contributed by atoms with Gasteiger partial charge >= 0.3 is 6.09 Å². The molecule has 1 fully saturated rings. The molecule has 1 rings (SSSR count). The van der Waals surface area contributed by atoms with Crippen molar-refractivity contribution in [3.63, 3.8) is 0 Å². The molecule has 5 nitrogen and oxygen atoms in total. The Morgan fingerprint density at radius 1 is 1.41 bits per heavy atom. The normalized spacial score (nSPS) is 23.7. The highest BCUT2D eigenvalue weighted by atomic mass is 32.2. The number of likely N-dealkylation sites (tertiary alicyclic amines) is 1. The molecule has 130 valence electrons. The van der Waals surface area contributed by atoms with E-state index in [0.717, 1.165) is 32.5 Å². The monoisotopic (exact) mass is 332 g/mol. The molecule has 4 atom stereocenters. The summed E-state index contributed by atoms with van der Waals surface area (Å²) in [7, 11) is -0.804. The molecule has 1 heterocycles. The molecule has 0 saturated carbocycles. The van der Waals surface area contributed by atoms with E-state index in [9.17, 15) is 9.00 Å². The lowest BCUT2D eigenvalue weighted by Gasteiger charge is -2.37. The van der Waals surface area contributed by atoms with E-state index < -0.39 is 16.4 Å². The molecule has 0 spiro atoms. The number of hydrogen-bond donors (Lipinski definition) is 1. The number of ether oxygens (including phenoxy) is 1. The van der Waals surface area contributed by atoms with E-state index >= 15 is 0 Å². The van der Waals surface area contributed by atoms with E-state index in [-0.39, 0.29) is 11.3 Å². The molecule has 1 amide bonds. The van der Waals surface area contributed by atoms with E-state index in [0.29, 0.717) is 12.0 Å². The maximum atomic E-state index is 12.2. The molecule has 0 aliphatic carbocycles. The van der Waals surface area contributed by atoms with Gasteiger partial charge < -0.3 is 15.0 Å². The minimum Gasteiger partial charge on any atom is -0.444 e. The van der Waals surface area contributed by atoms with E-state index in [4.69, 9.17) is 4.74 Å². The predicted molar refractivity (Wildman–Crippen MR) is 91.5 cm³/mol. The van der Waals surface area contributed by atoms with Gasteiger partial charge in [-0.25, -0.2) is 4.79 Å². The van der Waals surface area contributed by atoms with Gasteiger partial charge in [0.2, 0.25) is 0 Å². The van der Waals surface area contributed by atoms with Crippen LogP contribution in [0, 0.1) is 5.92 Å². The fourth-order valence-corrected chi connectivity index (χ4v) is 2.88. The highest BCUT2D eigenvalue weighted by Crippen LogP contribution is 2.22. The van der Waals surface area contributed by atoms with Crippen LogP contribution in [0.3, 0.4) is 0 Å². The zero-order valence-corrected chi connectivity index (χ0v) is 15.7. The van der Waals surface area contributed by atoms with Crippen LogP contribution < -0.4 is 5.32 Å². The largest absolute Gasteiger partial charge is 0.444 e. The number of carbonyl (C=O) groups excluding carboxylic acids is 1. The van der Waals surface area contributed by atoms with E-state index in [1.807, 2.05) is 32.6 Å². The summed E-state index contributed by atoms with van der Waals surface area (Å²) < 4.78 is 16.9. The molecule has 22 heavy (non-hydrogen) atoms. The zero-order valence-electron chi connectivity index (χ0n) is 14.8. The van der Waals surface area contributed by atoms with Crippen LogP contribution in [-0.4, -0.2) is 58.0 Å². The Bertz CT molecular complexity index is 395. The summed E-state index contributed by atoms with van der Waals surface area (Å²) in [6.07, 6.45) is 3.64. The first-order valence-electron chi connectivity index (χ1n) is 8.13. The summed E-state index contributed by atoms with van der Waals surface area (Å²) in [5.41, 5.74) is -0.450. The Morgan fingerprint density at radius 3 is 2.59 bits per heavy atom. The van der Waals surface area contributed by atoms with E-state index in [1.54, 1.807) is 6.26 Å². The number of rotatable bonds is 5. The van der Waals surface area contributed by atoms with Gasteiger partial charge in [-0.2, -0.15) is 0 Å². The van der Waals surface area contributed by atoms with Crippen molar-refractivity contribution < 1.29 is 13.7 Å². The second-order valence-corrected chi connectivity index (χ2v) is 9.14. The molecule has 0 aromatic heterocycles. The van der Waals surface area contributed by atoms with Gasteiger partial charge in [-0.15, -0.1) is 0 Å². The molecule has 0 aromatic rings. The number of nitrogens with zero attached hydrogens (tertiary/aromatic N) is 1. The summed E-state index contributed by atoms with van der Waals surface area (Å²) in [5.74, 6) is 0.416. The summed E-state index contributed by atoms with van der Waals surface area (Å²) in [6, 6.07) is 0.302. The van der Waals surface area contributed by atoms with Gasteiger partial charge in [0.05, 0.1) is 0 Å². The highest BCUT2D eigenvalue weighted by molar-refractivity contribution is 7.84. The molecule has 0 bridgehead atoms. The van der Waals surface area contributed by atoms with Crippen LogP contribution in [0.15, 0.2) is 0 Å². The van der Waals surface area contributed by atoms with Crippen LogP contribution in [0.4, 0.5) is 4.79 Å². The van der Waals surface area contributed by atoms with Crippen molar-refractivity contribution in [2.24, 2.45) is 5.92 Å². The number of piperidine rings is 1. The zero-order chi connectivity index (χ0) is 16.9. The fourth-order valence-electron chi connectivity index (χ4n) is 2.55. The summed E-state index contributed by atoms with van der Waals surface area (Å²) in [5, 5.41) is 3.62. The lowest BCUT2D eigenvalue weighted by Crippen LogP contribution is -2.48. The fraction of sp³-hybridized carbons (Fsp3) is 0.938. The van der Waals surface area contributed by atoms with Crippen molar-refractivity contribution >= 4 is 16.9 Å². The summed E-state index contributed by atoms with van der Waals surface area (Å²) in [4.78, 5) is 14.0. The molecule has 1 aliphatic rings. The first-order valence-corrected chi connectivity index (χ1v) is 9.76. The van der Waals surface area contributed by atoms with Crippen LogP contribution in [0.2, 0.25) is 0 Å². The molecule has 1 aliphatic heterocycles. The molecule has 4 unspecified atom stereocenters. The first kappa shape index (κ1) is 19.4. The van der Waals surface area contributed by atoms with Gasteiger partial charge in [-0.05, 0) is 53.4 Å². The third kappa shape index (κ3) is 6.65. The first-order chi connectivity index (χ1) is 10.1. The smallest absolute Gasteiger partial charge is 0.410 e. The maximum Gasteiger partial charge on any atom is 0.410 e. The van der Waals surface area contributed by atoms with Gasteiger partial charge in [0.15, 0.2) is 0 Å². The van der Waals surface area contributed by atoms with Crippen LogP contribution >= 0.6 is 0 Å². The topological polar surface area (TPSA) is 58.6 Å². The van der Waals surface area contributed by atoms with Crippen molar-refractivity contribution in [2.75, 3.05) is 25.9 Å². The number of carbonyl (C=O) groups is 1. The third-order valence-electron chi connectivity index (χ3n) is 4.11. The Balaban J connectivity index is 2.48. The van der Waals surface area contributed by atoms with Gasteiger partial charge in [0, 0.05) is 48.0 Å². The predicted octanol–water partition coefficient (Wildman–Crippen LogP) is 2.38. The lowest BCUT2D eigenvalue weighted by atomic mass is 9.91. The molecule has 1 saturated heterocycles. The highest BCUT2D eigenvalue weighted by Gasteiger charge is 2.30. The second-order valence-electron chi connectivity index (χ2n) is 7.33. The Morgan fingerprint density at radius 2 is 2.05 bits per heavy atom. The van der Waals surface area contributed by atoms with Gasteiger partial charge in [0.25, 0.3) is 0 Å². The van der Waals surface area contributed by atoms with E-state index in [1.165, 1.54) is 0 Å². The Hall–Kier alpha value is -0.620. The quantitative estimate of drug-likeness (QED) is 0.840. The van der Waals surface area contributed by atoms with Crippen molar-refractivity contribution in [1.82, 2.24) is 10.2 Å². The standard InChI is InChI=1S/C16H32N2O3S/c1-12(22(6)20)10-17-13(2)14-8-7-9-18(11-14)15(19)21-16(3,4)5/h12-14,17H,7-11H2,1-6H3. The number of hydrogen-bond acceptors (Lipinski definition) is 4. The van der Waals surface area contributed by atoms with Crippen molar-refractivity contribution in [2.45, 2.75) is 64.4 Å². The average molecular weight is 333 g/mol. The second kappa shape index (κ2) is 8.29. The lowest BCUT2D eigenvalue weighted by molar-refractivity contribution is 0.0149. The van der Waals surface area contributed by atoms with Gasteiger partial charge in [-0.3, -0.25) is 4.21 Å². The minimum absolute atomic E-state index is 0.146. The summed E-state index contributed by atoms with van der Waals surface area (Å²) >= 11 is 0. The summed E-state index contributed by atoms with van der Waals surface area (Å²) in [6.45, 7) is 12.1. The molecular weight excluding hydrogens is 300 g/mol. The number of nitrogens with one attached hydrogen (secondary N) is 1. The van der Waals surface area contributed by atoms with Gasteiger partial charge in [0.1, 0.15) is 5.60 Å². The average Bonchev–Trinajstić information content (AvgIpc) is 2.42. The van der Waals surface area contributed by atoms with Crippen LogP contribution in [0.5, 0.6) is 0 Å². The number of amides is 1. The molecule has 0 radical (unpaired) electrons. The van der Waals surface area contributed by atoms with Crippen molar-refractivity contribution in [1.29, 1.82) is 0 Å². The van der Waals surface area contributed by atoms with Crippen LogP contribution in [0.25, 0.3) is 0 Å². The molecule has 6 heteroatoms. The van der Waals surface area contributed by atoms with Crippen LogP contribution in [0.1, 0.15) is 47.5 Å². The van der Waals surface area contributed by atoms with Crippen molar-refractivity contribution in [3.05, 3.63) is 0 Å². The molecule has 1 N–H and O–H groups in total. The third-order valence-corrected chi connectivity index (χ3v) is 5.41. The van der Waals surface area contributed by atoms with Crippen molar-refractivity contribution in [3.8, 4) is 0 Å². The molecule has 0 aromatic carbocycles. The van der Waals surface area contributed by atoms with Crippen LogP contribution in [-0.2, 0) is 15.5 Å². The maximum absolute atomic E-state index is 12.2. The van der Waals surface area contributed by atoms with Gasteiger partial charge in [-0.1, -0.05) is 0 Å². The minimum atomic E-state index is -0.804.